The molecule has 0 bridgehead atoms. The molecule has 5 nitrogen and oxygen atoms in total. The standard InChI is InChI=1S/C15H9FN4O/c16-11-7-3-1-5-9(11)13-14(18-20-17-13)15-10-6-2-4-8-12(10)19-21-15/h1-8H,(H,17,18,20). The van der Waals surface area contributed by atoms with Crippen LogP contribution in [0.1, 0.15) is 0 Å². The summed E-state index contributed by atoms with van der Waals surface area (Å²) in [4.78, 5) is 0. The molecule has 2 heterocycles. The second kappa shape index (κ2) is 4.52. The summed E-state index contributed by atoms with van der Waals surface area (Å²) < 4.78 is 19.3. The molecule has 0 saturated carbocycles. The van der Waals surface area contributed by atoms with Crippen molar-refractivity contribution in [3.8, 4) is 22.7 Å². The van der Waals surface area contributed by atoms with Crippen molar-refractivity contribution in [3.05, 3.63) is 54.3 Å². The Balaban J connectivity index is 1.96. The van der Waals surface area contributed by atoms with Gasteiger partial charge in [0.1, 0.15) is 17.0 Å². The van der Waals surface area contributed by atoms with E-state index in [2.05, 4.69) is 20.6 Å². The van der Waals surface area contributed by atoms with E-state index in [-0.39, 0.29) is 5.82 Å². The highest BCUT2D eigenvalue weighted by Gasteiger charge is 2.21. The third-order valence-corrected chi connectivity index (χ3v) is 3.28. The van der Waals surface area contributed by atoms with Gasteiger partial charge in [-0.05, 0) is 24.3 Å². The maximum atomic E-state index is 14.0. The van der Waals surface area contributed by atoms with E-state index in [9.17, 15) is 4.39 Å². The Morgan fingerprint density at radius 1 is 0.905 bits per heavy atom. The second-order valence-corrected chi connectivity index (χ2v) is 4.53. The number of rotatable bonds is 2. The molecule has 0 unspecified atom stereocenters. The highest BCUT2D eigenvalue weighted by atomic mass is 19.1. The van der Waals surface area contributed by atoms with Crippen molar-refractivity contribution in [2.45, 2.75) is 0 Å². The van der Waals surface area contributed by atoms with Crippen molar-refractivity contribution in [3.63, 3.8) is 0 Å². The predicted molar refractivity (Wildman–Crippen MR) is 74.8 cm³/mol. The molecule has 0 atom stereocenters. The van der Waals surface area contributed by atoms with Crippen molar-refractivity contribution < 1.29 is 8.91 Å². The molecular weight excluding hydrogens is 271 g/mol. The largest absolute Gasteiger partial charge is 0.353 e. The van der Waals surface area contributed by atoms with Crippen molar-refractivity contribution >= 4 is 10.9 Å². The number of aromatic nitrogens is 4. The number of hydrogen-bond acceptors (Lipinski definition) is 4. The topological polar surface area (TPSA) is 67.6 Å². The van der Waals surface area contributed by atoms with E-state index >= 15 is 0 Å². The first-order chi connectivity index (χ1) is 10.3. The van der Waals surface area contributed by atoms with Gasteiger partial charge in [-0.15, -0.1) is 0 Å². The molecule has 6 heteroatoms. The summed E-state index contributed by atoms with van der Waals surface area (Å²) in [7, 11) is 0. The number of hydrogen-bond donors (Lipinski definition) is 1. The number of H-pyrrole nitrogens is 1. The molecule has 0 spiro atoms. The number of aromatic amines is 1. The molecule has 0 aliphatic rings. The minimum Gasteiger partial charge on any atom is -0.353 e. The summed E-state index contributed by atoms with van der Waals surface area (Å²) >= 11 is 0. The third kappa shape index (κ3) is 1.80. The highest BCUT2D eigenvalue weighted by Crippen LogP contribution is 2.33. The minimum atomic E-state index is -0.364. The van der Waals surface area contributed by atoms with Gasteiger partial charge < -0.3 is 4.52 Å². The summed E-state index contributed by atoms with van der Waals surface area (Å²) in [6.07, 6.45) is 0. The molecule has 0 aliphatic heterocycles. The van der Waals surface area contributed by atoms with Gasteiger partial charge >= 0.3 is 0 Å². The van der Waals surface area contributed by atoms with Gasteiger partial charge in [0, 0.05) is 5.56 Å². The summed E-state index contributed by atoms with van der Waals surface area (Å²) in [5, 5.41) is 15.4. The lowest BCUT2D eigenvalue weighted by Crippen LogP contribution is -1.87. The second-order valence-electron chi connectivity index (χ2n) is 4.53. The molecule has 2 aromatic heterocycles. The zero-order chi connectivity index (χ0) is 14.2. The lowest BCUT2D eigenvalue weighted by molar-refractivity contribution is 0.439. The van der Waals surface area contributed by atoms with Crippen LogP contribution >= 0.6 is 0 Å². The Kier molecular flexibility index (Phi) is 2.53. The zero-order valence-corrected chi connectivity index (χ0v) is 10.7. The van der Waals surface area contributed by atoms with Crippen molar-refractivity contribution in [1.29, 1.82) is 0 Å². The molecule has 4 aromatic rings. The Bertz CT molecular complexity index is 928. The Hall–Kier alpha value is -3.02. The van der Waals surface area contributed by atoms with Crippen LogP contribution in [0.3, 0.4) is 0 Å². The van der Waals surface area contributed by atoms with Crippen LogP contribution in [0.5, 0.6) is 0 Å². The average Bonchev–Trinajstić information content (AvgIpc) is 3.13. The molecule has 21 heavy (non-hydrogen) atoms. The Morgan fingerprint density at radius 3 is 2.57 bits per heavy atom. The molecule has 0 amide bonds. The van der Waals surface area contributed by atoms with Crippen LogP contribution in [0.2, 0.25) is 0 Å². The number of nitrogens with one attached hydrogen (secondary N) is 1. The van der Waals surface area contributed by atoms with E-state index in [4.69, 9.17) is 4.52 Å². The van der Waals surface area contributed by atoms with E-state index in [0.29, 0.717) is 22.7 Å². The lowest BCUT2D eigenvalue weighted by atomic mass is 10.1. The van der Waals surface area contributed by atoms with E-state index in [1.807, 2.05) is 24.3 Å². The van der Waals surface area contributed by atoms with Crippen LogP contribution in [-0.2, 0) is 0 Å². The van der Waals surface area contributed by atoms with Gasteiger partial charge in [0.15, 0.2) is 11.5 Å². The van der Waals surface area contributed by atoms with E-state index < -0.39 is 0 Å². The monoisotopic (exact) mass is 280 g/mol. The number of benzene rings is 2. The number of fused-ring (bicyclic) bond motifs is 1. The van der Waals surface area contributed by atoms with Gasteiger partial charge in [-0.3, -0.25) is 0 Å². The van der Waals surface area contributed by atoms with Gasteiger partial charge in [-0.25, -0.2) is 4.39 Å². The molecule has 102 valence electrons. The van der Waals surface area contributed by atoms with Crippen molar-refractivity contribution in [2.75, 3.05) is 0 Å². The Labute approximate surface area is 118 Å². The lowest BCUT2D eigenvalue weighted by Gasteiger charge is -2.00. The Morgan fingerprint density at radius 2 is 1.67 bits per heavy atom. The van der Waals surface area contributed by atoms with Crippen LogP contribution in [0.15, 0.2) is 53.1 Å². The average molecular weight is 280 g/mol. The molecule has 0 fully saturated rings. The molecule has 0 radical (unpaired) electrons. The quantitative estimate of drug-likeness (QED) is 0.611. The molecule has 0 aliphatic carbocycles. The van der Waals surface area contributed by atoms with E-state index in [1.165, 1.54) is 6.07 Å². The van der Waals surface area contributed by atoms with E-state index in [1.54, 1.807) is 18.2 Å². The zero-order valence-electron chi connectivity index (χ0n) is 10.7. The third-order valence-electron chi connectivity index (χ3n) is 3.28. The van der Waals surface area contributed by atoms with Crippen molar-refractivity contribution in [1.82, 2.24) is 20.6 Å². The molecule has 4 rings (SSSR count). The first-order valence-electron chi connectivity index (χ1n) is 6.35. The number of halogens is 1. The first-order valence-corrected chi connectivity index (χ1v) is 6.35. The fourth-order valence-electron chi connectivity index (χ4n) is 2.29. The normalized spacial score (nSPS) is 11.1. The van der Waals surface area contributed by atoms with Crippen LogP contribution in [0.4, 0.5) is 4.39 Å². The minimum absolute atomic E-state index is 0.363. The predicted octanol–water partition coefficient (Wildman–Crippen LogP) is 3.42. The summed E-state index contributed by atoms with van der Waals surface area (Å²) in [5.74, 6) is 0.106. The van der Waals surface area contributed by atoms with Crippen LogP contribution < -0.4 is 0 Å². The summed E-state index contributed by atoms with van der Waals surface area (Å²) in [5.41, 5.74) is 1.92. The van der Waals surface area contributed by atoms with Gasteiger partial charge in [-0.1, -0.05) is 29.4 Å². The summed E-state index contributed by atoms with van der Waals surface area (Å²) in [6.45, 7) is 0. The van der Waals surface area contributed by atoms with Gasteiger partial charge in [-0.2, -0.15) is 15.4 Å². The van der Waals surface area contributed by atoms with Crippen LogP contribution in [-0.4, -0.2) is 20.6 Å². The summed E-state index contributed by atoms with van der Waals surface area (Å²) in [6, 6.07) is 13.9. The SMILES string of the molecule is Fc1ccccc1-c1n[nH]nc1-c1onc2ccccc12. The molecule has 0 saturated heterocycles. The van der Waals surface area contributed by atoms with Crippen LogP contribution in [0.25, 0.3) is 33.6 Å². The van der Waals surface area contributed by atoms with Gasteiger partial charge in [0.25, 0.3) is 0 Å². The smallest absolute Gasteiger partial charge is 0.197 e. The van der Waals surface area contributed by atoms with Gasteiger partial charge in [0.05, 0.1) is 5.39 Å². The van der Waals surface area contributed by atoms with E-state index in [0.717, 1.165) is 10.9 Å². The molecule has 2 aromatic carbocycles. The highest BCUT2D eigenvalue weighted by molar-refractivity contribution is 5.93. The molecule has 1 N–H and O–H groups in total. The first kappa shape index (κ1) is 11.8. The van der Waals surface area contributed by atoms with Crippen LogP contribution in [0, 0.1) is 5.82 Å². The maximum Gasteiger partial charge on any atom is 0.197 e. The van der Waals surface area contributed by atoms with Gasteiger partial charge in [0.2, 0.25) is 0 Å². The fraction of sp³-hybridized carbons (Fsp3) is 0. The van der Waals surface area contributed by atoms with Crippen molar-refractivity contribution in [2.24, 2.45) is 0 Å². The fourth-order valence-corrected chi connectivity index (χ4v) is 2.29. The number of nitrogens with zero attached hydrogens (tertiary/aromatic N) is 3. The molecular formula is C15H9FN4O. The maximum absolute atomic E-state index is 14.0.